The number of carbonyl (C=O) groups is 2. The summed E-state index contributed by atoms with van der Waals surface area (Å²) >= 11 is 0. The summed E-state index contributed by atoms with van der Waals surface area (Å²) in [6, 6.07) is 12.4. The third-order valence-corrected chi connectivity index (χ3v) is 4.42. The third-order valence-electron chi connectivity index (χ3n) is 4.42. The Morgan fingerprint density at radius 3 is 2.50 bits per heavy atom. The van der Waals surface area contributed by atoms with E-state index in [1.165, 1.54) is 12.1 Å². The van der Waals surface area contributed by atoms with Crippen LogP contribution in [0.4, 0.5) is 4.39 Å². The van der Waals surface area contributed by atoms with Crippen molar-refractivity contribution in [3.8, 4) is 0 Å². The molecule has 2 N–H and O–H groups in total. The van der Waals surface area contributed by atoms with E-state index in [9.17, 15) is 14.0 Å². The van der Waals surface area contributed by atoms with Crippen LogP contribution in [-0.2, 0) is 11.8 Å². The number of nitrogens with zero attached hydrogens (tertiary/aromatic N) is 2. The van der Waals surface area contributed by atoms with Gasteiger partial charge in [-0.25, -0.2) is 9.37 Å². The van der Waals surface area contributed by atoms with E-state index in [0.29, 0.717) is 17.0 Å². The van der Waals surface area contributed by atoms with Gasteiger partial charge in [-0.15, -0.1) is 0 Å². The zero-order chi connectivity index (χ0) is 20.1. The van der Waals surface area contributed by atoms with Gasteiger partial charge in [0.1, 0.15) is 17.7 Å². The molecule has 0 aliphatic rings. The van der Waals surface area contributed by atoms with E-state index >= 15 is 0 Å². The first-order valence-corrected chi connectivity index (χ1v) is 8.81. The number of amides is 2. The summed E-state index contributed by atoms with van der Waals surface area (Å²) in [6.07, 6.45) is 3.38. The lowest BCUT2D eigenvalue weighted by molar-refractivity contribution is -0.120. The molecule has 0 aliphatic heterocycles. The van der Waals surface area contributed by atoms with E-state index in [4.69, 9.17) is 0 Å². The minimum absolute atomic E-state index is 0.185. The first-order chi connectivity index (χ1) is 13.5. The lowest BCUT2D eigenvalue weighted by Crippen LogP contribution is -2.39. The largest absolute Gasteiger partial charge is 0.343 e. The predicted octanol–water partition coefficient (Wildman–Crippen LogP) is 2.50. The molecule has 6 nitrogen and oxygen atoms in total. The van der Waals surface area contributed by atoms with Crippen molar-refractivity contribution in [2.24, 2.45) is 7.05 Å². The minimum Gasteiger partial charge on any atom is -0.343 e. The summed E-state index contributed by atoms with van der Waals surface area (Å²) in [4.78, 5) is 29.1. The second-order valence-corrected chi connectivity index (χ2v) is 6.45. The van der Waals surface area contributed by atoms with Crippen LogP contribution in [0.5, 0.6) is 0 Å². The third kappa shape index (κ3) is 4.43. The number of nitrogens with one attached hydrogen (secondary N) is 2. The molecule has 7 heteroatoms. The van der Waals surface area contributed by atoms with Crippen LogP contribution >= 0.6 is 0 Å². The van der Waals surface area contributed by atoms with Crippen molar-refractivity contribution in [1.82, 2.24) is 20.2 Å². The van der Waals surface area contributed by atoms with Crippen molar-refractivity contribution in [3.63, 3.8) is 0 Å². The highest BCUT2D eigenvalue weighted by molar-refractivity contribution is 5.97. The minimum atomic E-state index is -0.566. The molecule has 0 saturated heterocycles. The van der Waals surface area contributed by atoms with Gasteiger partial charge in [-0.1, -0.05) is 30.3 Å². The summed E-state index contributed by atoms with van der Waals surface area (Å²) in [6.45, 7) is 1.65. The van der Waals surface area contributed by atoms with Crippen molar-refractivity contribution >= 4 is 11.8 Å². The number of imidazole rings is 1. The number of hydrogen-bond donors (Lipinski definition) is 2. The Labute approximate surface area is 162 Å². The maximum absolute atomic E-state index is 13.3. The molecule has 2 aromatic carbocycles. The molecule has 3 rings (SSSR count). The summed E-state index contributed by atoms with van der Waals surface area (Å²) in [5.74, 6) is -0.452. The topological polar surface area (TPSA) is 76.0 Å². The molecule has 28 heavy (non-hydrogen) atoms. The zero-order valence-electron chi connectivity index (χ0n) is 15.6. The van der Waals surface area contributed by atoms with Crippen LogP contribution in [0.2, 0.25) is 0 Å². The SMILES string of the molecule is Cc1ccccc1C(=O)NCC(=O)N[C@@H](c1ccc(F)cc1)c1nccn1C. The molecule has 0 saturated carbocycles. The summed E-state index contributed by atoms with van der Waals surface area (Å²) in [5.41, 5.74) is 2.04. The smallest absolute Gasteiger partial charge is 0.251 e. The highest BCUT2D eigenvalue weighted by Gasteiger charge is 2.21. The highest BCUT2D eigenvalue weighted by atomic mass is 19.1. The van der Waals surface area contributed by atoms with Crippen molar-refractivity contribution < 1.29 is 14.0 Å². The monoisotopic (exact) mass is 380 g/mol. The summed E-state index contributed by atoms with van der Waals surface area (Å²) in [7, 11) is 1.81. The van der Waals surface area contributed by atoms with Crippen molar-refractivity contribution in [1.29, 1.82) is 0 Å². The Kier molecular flexibility index (Phi) is 5.84. The van der Waals surface area contributed by atoms with Crippen LogP contribution in [0.25, 0.3) is 0 Å². The fraction of sp³-hybridized carbons (Fsp3) is 0.190. The normalized spacial score (nSPS) is 11.7. The quantitative estimate of drug-likeness (QED) is 0.690. The van der Waals surface area contributed by atoms with Crippen LogP contribution in [0.15, 0.2) is 60.9 Å². The molecule has 0 bridgehead atoms. The van der Waals surface area contributed by atoms with E-state index in [1.54, 1.807) is 41.2 Å². The van der Waals surface area contributed by atoms with Gasteiger partial charge >= 0.3 is 0 Å². The fourth-order valence-corrected chi connectivity index (χ4v) is 2.90. The number of rotatable bonds is 6. The standard InChI is InChI=1S/C21H21FN4O2/c1-14-5-3-4-6-17(14)21(28)24-13-18(27)25-19(20-23-11-12-26(20)2)15-7-9-16(22)10-8-15/h3-12,19H,13H2,1-2H3,(H,24,28)(H,25,27)/t19-/m0/s1. The number of benzene rings is 2. The molecule has 1 heterocycles. The number of aryl methyl sites for hydroxylation is 2. The molecule has 2 amide bonds. The van der Waals surface area contributed by atoms with Gasteiger partial charge in [0.25, 0.3) is 5.91 Å². The highest BCUT2D eigenvalue weighted by Crippen LogP contribution is 2.20. The molecule has 144 valence electrons. The maximum atomic E-state index is 13.3. The van der Waals surface area contributed by atoms with Gasteiger partial charge in [0.2, 0.25) is 5.91 Å². The lowest BCUT2D eigenvalue weighted by atomic mass is 10.1. The number of carbonyl (C=O) groups excluding carboxylic acids is 2. The molecule has 0 radical (unpaired) electrons. The Morgan fingerprint density at radius 1 is 1.14 bits per heavy atom. The number of aromatic nitrogens is 2. The molecule has 0 fully saturated rings. The van der Waals surface area contributed by atoms with Crippen molar-refractivity contribution in [3.05, 3.63) is 89.3 Å². The van der Waals surface area contributed by atoms with Crippen LogP contribution in [0.3, 0.4) is 0 Å². The number of halogens is 1. The molecule has 0 spiro atoms. The maximum Gasteiger partial charge on any atom is 0.251 e. The fourth-order valence-electron chi connectivity index (χ4n) is 2.90. The van der Waals surface area contributed by atoms with Crippen LogP contribution in [-0.4, -0.2) is 27.9 Å². The molecule has 1 atom stereocenters. The van der Waals surface area contributed by atoms with Crippen LogP contribution < -0.4 is 10.6 Å². The van der Waals surface area contributed by atoms with E-state index in [2.05, 4.69) is 15.6 Å². The van der Waals surface area contributed by atoms with Gasteiger partial charge < -0.3 is 15.2 Å². The Balaban J connectivity index is 1.71. The predicted molar refractivity (Wildman–Crippen MR) is 103 cm³/mol. The molecule has 0 unspecified atom stereocenters. The average molecular weight is 380 g/mol. The second-order valence-electron chi connectivity index (χ2n) is 6.45. The van der Waals surface area contributed by atoms with Crippen LogP contribution in [0.1, 0.15) is 33.4 Å². The molecular formula is C21H21FN4O2. The molecule has 3 aromatic rings. The Morgan fingerprint density at radius 2 is 1.86 bits per heavy atom. The van der Waals surface area contributed by atoms with Crippen molar-refractivity contribution in [2.75, 3.05) is 6.54 Å². The van der Waals surface area contributed by atoms with E-state index < -0.39 is 6.04 Å². The van der Waals surface area contributed by atoms with Gasteiger partial charge in [0.05, 0.1) is 6.54 Å². The first kappa shape index (κ1) is 19.3. The second kappa shape index (κ2) is 8.47. The average Bonchev–Trinajstić information content (AvgIpc) is 3.11. The molecule has 0 aliphatic carbocycles. The summed E-state index contributed by atoms with van der Waals surface area (Å²) in [5, 5.41) is 5.49. The van der Waals surface area contributed by atoms with E-state index in [0.717, 1.165) is 5.56 Å². The van der Waals surface area contributed by atoms with E-state index in [-0.39, 0.29) is 24.2 Å². The van der Waals surface area contributed by atoms with Gasteiger partial charge in [-0.3, -0.25) is 9.59 Å². The van der Waals surface area contributed by atoms with Crippen molar-refractivity contribution in [2.45, 2.75) is 13.0 Å². The van der Waals surface area contributed by atoms with Crippen LogP contribution in [0, 0.1) is 12.7 Å². The van der Waals surface area contributed by atoms with Gasteiger partial charge in [-0.05, 0) is 36.2 Å². The Bertz CT molecular complexity index is 982. The summed E-state index contributed by atoms with van der Waals surface area (Å²) < 4.78 is 15.1. The molecular weight excluding hydrogens is 359 g/mol. The lowest BCUT2D eigenvalue weighted by Gasteiger charge is -2.19. The number of hydrogen-bond acceptors (Lipinski definition) is 3. The van der Waals surface area contributed by atoms with E-state index in [1.807, 2.05) is 26.1 Å². The van der Waals surface area contributed by atoms with Gasteiger partial charge in [0, 0.05) is 25.0 Å². The van der Waals surface area contributed by atoms with Gasteiger partial charge in [-0.2, -0.15) is 0 Å². The van der Waals surface area contributed by atoms with Gasteiger partial charge in [0.15, 0.2) is 0 Å². The molecule has 1 aromatic heterocycles. The first-order valence-electron chi connectivity index (χ1n) is 8.81. The zero-order valence-corrected chi connectivity index (χ0v) is 15.6. The Hall–Kier alpha value is -3.48.